The number of sulfonamides is 1. The summed E-state index contributed by atoms with van der Waals surface area (Å²) in [4.78, 5) is 16.1. The van der Waals surface area contributed by atoms with Crippen LogP contribution in [0.1, 0.15) is 37.5 Å². The molecule has 5 rings (SSSR count). The van der Waals surface area contributed by atoms with Crippen molar-refractivity contribution < 1.29 is 22.6 Å². The van der Waals surface area contributed by atoms with Gasteiger partial charge in [-0.05, 0) is 64.4 Å². The second-order valence-corrected chi connectivity index (χ2v) is 12.2. The van der Waals surface area contributed by atoms with E-state index in [9.17, 15) is 13.2 Å². The molecule has 1 aliphatic rings. The van der Waals surface area contributed by atoms with Gasteiger partial charge < -0.3 is 19.2 Å². The number of aromatic amines is 1. The molecule has 0 saturated heterocycles. The Bertz CT molecular complexity index is 1650. The summed E-state index contributed by atoms with van der Waals surface area (Å²) in [7, 11) is -2.41. The zero-order chi connectivity index (χ0) is 27.1. The van der Waals surface area contributed by atoms with Crippen LogP contribution in [0.5, 0.6) is 17.2 Å². The van der Waals surface area contributed by atoms with Crippen molar-refractivity contribution in [3.05, 3.63) is 93.8 Å². The van der Waals surface area contributed by atoms with E-state index in [0.29, 0.717) is 33.9 Å². The van der Waals surface area contributed by atoms with Crippen LogP contribution >= 0.6 is 0 Å². The van der Waals surface area contributed by atoms with Gasteiger partial charge in [0.15, 0.2) is 11.5 Å². The summed E-state index contributed by atoms with van der Waals surface area (Å²) in [6.07, 6.45) is 0. The first-order valence-electron chi connectivity index (χ1n) is 12.2. The van der Waals surface area contributed by atoms with E-state index in [1.165, 1.54) is 4.31 Å². The average Bonchev–Trinajstić information content (AvgIpc) is 3.36. The molecule has 0 atom stereocenters. The lowest BCUT2D eigenvalue weighted by Crippen LogP contribution is -2.32. The highest BCUT2D eigenvalue weighted by molar-refractivity contribution is 7.89. The molecule has 198 valence electrons. The van der Waals surface area contributed by atoms with E-state index >= 15 is 0 Å². The molecule has 0 fully saturated rings. The van der Waals surface area contributed by atoms with Crippen molar-refractivity contribution in [2.24, 2.45) is 0 Å². The lowest BCUT2D eigenvalue weighted by molar-refractivity contribution is 0.174. The maximum atomic E-state index is 13.9. The zero-order valence-electron chi connectivity index (χ0n) is 21.8. The Balaban J connectivity index is 1.54. The van der Waals surface area contributed by atoms with Gasteiger partial charge in [-0.15, -0.1) is 0 Å². The quantitative estimate of drug-likeness (QED) is 0.360. The van der Waals surface area contributed by atoms with Crippen LogP contribution in [0.2, 0.25) is 0 Å². The summed E-state index contributed by atoms with van der Waals surface area (Å²) in [6.45, 7) is 6.27. The van der Waals surface area contributed by atoms with E-state index in [4.69, 9.17) is 14.2 Å². The minimum Gasteiger partial charge on any atom is -0.497 e. The predicted octanol–water partition coefficient (Wildman–Crippen LogP) is 4.95. The Morgan fingerprint density at radius 2 is 1.66 bits per heavy atom. The number of hydrogen-bond acceptors (Lipinski definition) is 6. The fraction of sp³-hybridized carbons (Fsp3) is 0.276. The molecule has 4 aromatic rings. The van der Waals surface area contributed by atoms with Crippen molar-refractivity contribution >= 4 is 20.9 Å². The van der Waals surface area contributed by atoms with E-state index < -0.39 is 10.0 Å². The summed E-state index contributed by atoms with van der Waals surface area (Å²) >= 11 is 0. The number of pyridine rings is 1. The molecule has 0 unspecified atom stereocenters. The molecule has 0 saturated carbocycles. The molecule has 1 aromatic heterocycles. The summed E-state index contributed by atoms with van der Waals surface area (Å²) in [5.41, 5.74) is 2.21. The largest absolute Gasteiger partial charge is 0.497 e. The van der Waals surface area contributed by atoms with Gasteiger partial charge in [-0.3, -0.25) is 4.79 Å². The van der Waals surface area contributed by atoms with Gasteiger partial charge >= 0.3 is 0 Å². The van der Waals surface area contributed by atoms with Gasteiger partial charge in [0.1, 0.15) is 5.75 Å². The molecule has 0 radical (unpaired) electrons. The lowest BCUT2D eigenvalue weighted by Gasteiger charge is -2.24. The van der Waals surface area contributed by atoms with Gasteiger partial charge in [-0.2, -0.15) is 4.31 Å². The topological polar surface area (TPSA) is 97.9 Å². The van der Waals surface area contributed by atoms with Gasteiger partial charge in [0, 0.05) is 24.7 Å². The smallest absolute Gasteiger partial charge is 0.252 e. The Hall–Kier alpha value is -3.82. The van der Waals surface area contributed by atoms with E-state index in [1.807, 2.05) is 18.2 Å². The van der Waals surface area contributed by atoms with Crippen LogP contribution in [0.25, 0.3) is 10.9 Å². The standard InChI is InChI=1S/C29H30N2O6S/c1-29(2,3)22-7-10-24(11-8-22)38(33,34)31(16-19-5-12-26-27(13-19)37-18-36-26)17-21-14-20-6-9-23(35-4)15-25(20)30-28(21)32/h5-15H,16-18H2,1-4H3,(H,30,32). The highest BCUT2D eigenvalue weighted by Gasteiger charge is 2.27. The Morgan fingerprint density at radius 3 is 2.37 bits per heavy atom. The van der Waals surface area contributed by atoms with Crippen molar-refractivity contribution in [2.45, 2.75) is 44.2 Å². The number of methoxy groups -OCH3 is 1. The number of H-pyrrole nitrogens is 1. The number of ether oxygens (including phenoxy) is 3. The summed E-state index contributed by atoms with van der Waals surface area (Å²) < 4.78 is 45.3. The molecule has 38 heavy (non-hydrogen) atoms. The van der Waals surface area contributed by atoms with Gasteiger partial charge in [-0.25, -0.2) is 8.42 Å². The van der Waals surface area contributed by atoms with Crippen molar-refractivity contribution in [1.29, 1.82) is 0 Å². The number of nitrogens with one attached hydrogen (secondary N) is 1. The molecule has 9 heteroatoms. The highest BCUT2D eigenvalue weighted by atomic mass is 32.2. The number of benzene rings is 3. The average molecular weight is 535 g/mol. The highest BCUT2D eigenvalue weighted by Crippen LogP contribution is 2.34. The van der Waals surface area contributed by atoms with Gasteiger partial charge in [0.25, 0.3) is 5.56 Å². The van der Waals surface area contributed by atoms with Crippen LogP contribution in [0, 0.1) is 0 Å². The minimum absolute atomic E-state index is 0.0418. The normalized spacial score (nSPS) is 13.3. The SMILES string of the molecule is COc1ccc2cc(CN(Cc3ccc4c(c3)OCO4)S(=O)(=O)c3ccc(C(C)(C)C)cc3)c(=O)[nH]c2c1. The van der Waals surface area contributed by atoms with E-state index in [-0.39, 0.29) is 35.8 Å². The maximum Gasteiger partial charge on any atom is 0.252 e. The van der Waals surface area contributed by atoms with Crippen molar-refractivity contribution in [1.82, 2.24) is 9.29 Å². The van der Waals surface area contributed by atoms with Gasteiger partial charge in [-0.1, -0.05) is 39.0 Å². The van der Waals surface area contributed by atoms with Crippen LogP contribution in [-0.4, -0.2) is 31.6 Å². The minimum atomic E-state index is -3.97. The molecule has 0 spiro atoms. The Kier molecular flexibility index (Phi) is 6.66. The fourth-order valence-corrected chi connectivity index (χ4v) is 5.81. The van der Waals surface area contributed by atoms with E-state index in [0.717, 1.165) is 10.9 Å². The molecule has 0 amide bonds. The molecule has 3 aromatic carbocycles. The summed E-state index contributed by atoms with van der Waals surface area (Å²) in [5.74, 6) is 1.79. The van der Waals surface area contributed by atoms with Crippen molar-refractivity contribution in [3.8, 4) is 17.2 Å². The number of hydrogen-bond donors (Lipinski definition) is 1. The van der Waals surface area contributed by atoms with Gasteiger partial charge in [0.2, 0.25) is 16.8 Å². The third-order valence-corrected chi connectivity index (χ3v) is 8.44. The van der Waals surface area contributed by atoms with Crippen LogP contribution < -0.4 is 19.8 Å². The first-order chi connectivity index (χ1) is 18.0. The molecule has 1 aliphatic heterocycles. The second kappa shape index (κ2) is 9.81. The first kappa shape index (κ1) is 25.8. The number of aromatic nitrogens is 1. The fourth-order valence-electron chi connectivity index (χ4n) is 4.40. The molecule has 8 nitrogen and oxygen atoms in total. The molecule has 0 bridgehead atoms. The zero-order valence-corrected chi connectivity index (χ0v) is 22.6. The lowest BCUT2D eigenvalue weighted by atomic mass is 9.87. The number of rotatable bonds is 7. The molecule has 2 heterocycles. The molecule has 1 N–H and O–H groups in total. The van der Waals surface area contributed by atoms with E-state index in [2.05, 4.69) is 25.8 Å². The second-order valence-electron chi connectivity index (χ2n) is 10.3. The Labute approximate surface area is 221 Å². The van der Waals surface area contributed by atoms with E-state index in [1.54, 1.807) is 55.6 Å². The number of nitrogens with zero attached hydrogens (tertiary/aromatic N) is 1. The molecular formula is C29H30N2O6S. The van der Waals surface area contributed by atoms with Gasteiger partial charge in [0.05, 0.1) is 17.5 Å². The van der Waals surface area contributed by atoms with Crippen molar-refractivity contribution in [3.63, 3.8) is 0 Å². The Morgan fingerprint density at radius 1 is 0.921 bits per heavy atom. The first-order valence-corrected chi connectivity index (χ1v) is 13.7. The predicted molar refractivity (Wildman–Crippen MR) is 145 cm³/mol. The monoisotopic (exact) mass is 534 g/mol. The summed E-state index contributed by atoms with van der Waals surface area (Å²) in [6, 6.07) is 19.3. The van der Waals surface area contributed by atoms with Crippen LogP contribution in [0.3, 0.4) is 0 Å². The summed E-state index contributed by atoms with van der Waals surface area (Å²) in [5, 5.41) is 0.773. The van der Waals surface area contributed by atoms with Crippen LogP contribution in [0.15, 0.2) is 76.4 Å². The molecular weight excluding hydrogens is 504 g/mol. The maximum absolute atomic E-state index is 13.9. The van der Waals surface area contributed by atoms with Crippen LogP contribution in [0.4, 0.5) is 0 Å². The third-order valence-electron chi connectivity index (χ3n) is 6.63. The van der Waals surface area contributed by atoms with Crippen LogP contribution in [-0.2, 0) is 28.5 Å². The van der Waals surface area contributed by atoms with Crippen molar-refractivity contribution in [2.75, 3.05) is 13.9 Å². The third kappa shape index (κ3) is 5.12. The number of fused-ring (bicyclic) bond motifs is 2. The molecule has 0 aliphatic carbocycles.